The van der Waals surface area contributed by atoms with Gasteiger partial charge in [0, 0.05) is 30.2 Å². The molecule has 166 valence electrons. The smallest absolute Gasteiger partial charge is 0.255 e. The lowest BCUT2D eigenvalue weighted by Crippen LogP contribution is -2.42. The lowest BCUT2D eigenvalue weighted by Gasteiger charge is -2.23. The Balaban J connectivity index is 1.81. The van der Waals surface area contributed by atoms with Crippen LogP contribution in [0.2, 0.25) is 5.02 Å². The molecule has 0 aliphatic rings. The lowest BCUT2D eigenvalue weighted by molar-refractivity contribution is -0.00177. The summed E-state index contributed by atoms with van der Waals surface area (Å²) in [7, 11) is 0. The van der Waals surface area contributed by atoms with Gasteiger partial charge in [-0.15, -0.1) is 0 Å². The molecule has 4 N–H and O–H groups in total. The molecule has 3 aromatic heterocycles. The van der Waals surface area contributed by atoms with Crippen molar-refractivity contribution in [2.24, 2.45) is 0 Å². The van der Waals surface area contributed by atoms with Crippen LogP contribution in [0.15, 0.2) is 36.8 Å². The van der Waals surface area contributed by atoms with Gasteiger partial charge in [0.05, 0.1) is 40.1 Å². The molecule has 0 radical (unpaired) electrons. The fourth-order valence-corrected chi connectivity index (χ4v) is 3.02. The number of amides is 1. The number of anilines is 3. The summed E-state index contributed by atoms with van der Waals surface area (Å²) in [5.41, 5.74) is 0.776. The minimum atomic E-state index is -1.60. The second-order valence-electron chi connectivity index (χ2n) is 8.11. The molecular formula is C21H26ClFN6O2. The molecule has 0 aliphatic carbocycles. The number of nitrogens with zero attached hydrogens (tertiary/aromatic N) is 3. The molecule has 10 heteroatoms. The number of carbonyl (C=O) groups is 1. The Kier molecular flexibility index (Phi) is 6.66. The summed E-state index contributed by atoms with van der Waals surface area (Å²) in [5, 5.41) is 23.3. The highest BCUT2D eigenvalue weighted by Crippen LogP contribution is 2.25. The van der Waals surface area contributed by atoms with Gasteiger partial charge < -0.3 is 21.1 Å². The summed E-state index contributed by atoms with van der Waals surface area (Å²) in [6.07, 6.45) is 3.16. The standard InChI is InChI=1S/C21H26ClFN6O2/c1-12(2)27-16-8-19(28-13-5-6-29-17(7-13)15(22)10-26-29)24-9-14(16)20(30)25-11-18(23)21(3,4)31/h5-10,12,18,31H,11H2,1-4H3,(H,25,30)(H2,24,27,28)/t18-/m1/s1. The molecule has 0 bridgehead atoms. The van der Waals surface area contributed by atoms with E-state index in [1.807, 2.05) is 26.0 Å². The molecule has 0 fully saturated rings. The van der Waals surface area contributed by atoms with Crippen molar-refractivity contribution in [2.45, 2.75) is 45.5 Å². The van der Waals surface area contributed by atoms with E-state index in [1.165, 1.54) is 20.0 Å². The molecule has 0 spiro atoms. The van der Waals surface area contributed by atoms with E-state index in [-0.39, 0.29) is 18.2 Å². The van der Waals surface area contributed by atoms with Gasteiger partial charge in [-0.1, -0.05) is 11.6 Å². The van der Waals surface area contributed by atoms with E-state index in [0.717, 1.165) is 11.2 Å². The fourth-order valence-electron chi connectivity index (χ4n) is 2.84. The van der Waals surface area contributed by atoms with Gasteiger partial charge in [-0.2, -0.15) is 5.10 Å². The van der Waals surface area contributed by atoms with Crippen LogP contribution in [0.25, 0.3) is 5.52 Å². The number of hydrogen-bond donors (Lipinski definition) is 4. The highest BCUT2D eigenvalue weighted by Gasteiger charge is 2.27. The van der Waals surface area contributed by atoms with Gasteiger partial charge >= 0.3 is 0 Å². The number of alkyl halides is 1. The van der Waals surface area contributed by atoms with Crippen LogP contribution in [0, 0.1) is 0 Å². The average molecular weight is 449 g/mol. The van der Waals surface area contributed by atoms with E-state index in [2.05, 4.69) is 26.0 Å². The predicted molar refractivity (Wildman–Crippen MR) is 120 cm³/mol. The number of hydrogen-bond acceptors (Lipinski definition) is 6. The summed E-state index contributed by atoms with van der Waals surface area (Å²) in [4.78, 5) is 16.9. The molecule has 3 heterocycles. The molecule has 0 aromatic carbocycles. The summed E-state index contributed by atoms with van der Waals surface area (Å²) in [5.74, 6) is 0.0288. The molecular weight excluding hydrogens is 423 g/mol. The van der Waals surface area contributed by atoms with Crippen molar-refractivity contribution in [3.05, 3.63) is 47.4 Å². The highest BCUT2D eigenvalue weighted by molar-refractivity contribution is 6.33. The largest absolute Gasteiger partial charge is 0.387 e. The average Bonchev–Trinajstić information content (AvgIpc) is 3.05. The highest BCUT2D eigenvalue weighted by atomic mass is 35.5. The molecule has 0 saturated carbocycles. The van der Waals surface area contributed by atoms with Crippen LogP contribution in [-0.4, -0.2) is 50.0 Å². The molecule has 1 atom stereocenters. The van der Waals surface area contributed by atoms with Crippen molar-refractivity contribution in [1.29, 1.82) is 0 Å². The van der Waals surface area contributed by atoms with Gasteiger partial charge in [-0.25, -0.2) is 13.9 Å². The van der Waals surface area contributed by atoms with Gasteiger partial charge in [-0.3, -0.25) is 4.79 Å². The maximum absolute atomic E-state index is 14.0. The van der Waals surface area contributed by atoms with Crippen LogP contribution >= 0.6 is 11.6 Å². The number of fused-ring (bicyclic) bond motifs is 1. The van der Waals surface area contributed by atoms with Crippen LogP contribution < -0.4 is 16.0 Å². The van der Waals surface area contributed by atoms with Crippen molar-refractivity contribution < 1.29 is 14.3 Å². The summed E-state index contributed by atoms with van der Waals surface area (Å²) in [6.45, 7) is 6.28. The molecule has 1 amide bonds. The molecule has 0 saturated heterocycles. The number of carbonyl (C=O) groups excluding carboxylic acids is 1. The maximum atomic E-state index is 14.0. The Labute approximate surface area is 184 Å². The molecule has 31 heavy (non-hydrogen) atoms. The molecule has 3 rings (SSSR count). The predicted octanol–water partition coefficient (Wildman–Crippen LogP) is 3.79. The van der Waals surface area contributed by atoms with Gasteiger partial charge in [0.25, 0.3) is 5.91 Å². The van der Waals surface area contributed by atoms with Crippen molar-refractivity contribution in [1.82, 2.24) is 19.9 Å². The number of rotatable bonds is 8. The Morgan fingerprint density at radius 3 is 2.74 bits per heavy atom. The first-order valence-electron chi connectivity index (χ1n) is 9.85. The first-order chi connectivity index (χ1) is 14.5. The second kappa shape index (κ2) is 9.07. The minimum absolute atomic E-state index is 0.0500. The zero-order chi connectivity index (χ0) is 22.8. The molecule has 0 unspecified atom stereocenters. The van der Waals surface area contributed by atoms with Gasteiger partial charge in [0.2, 0.25) is 0 Å². The zero-order valence-electron chi connectivity index (χ0n) is 17.8. The summed E-state index contributed by atoms with van der Waals surface area (Å²) in [6, 6.07) is 5.42. The van der Waals surface area contributed by atoms with Crippen LogP contribution in [0.5, 0.6) is 0 Å². The van der Waals surface area contributed by atoms with E-state index in [0.29, 0.717) is 16.5 Å². The minimum Gasteiger partial charge on any atom is -0.387 e. The Morgan fingerprint density at radius 2 is 2.06 bits per heavy atom. The monoisotopic (exact) mass is 448 g/mol. The van der Waals surface area contributed by atoms with Crippen LogP contribution in [0.4, 0.5) is 21.6 Å². The lowest BCUT2D eigenvalue weighted by atomic mass is 10.0. The topological polar surface area (TPSA) is 104 Å². The number of nitrogens with one attached hydrogen (secondary N) is 3. The van der Waals surface area contributed by atoms with Gasteiger partial charge in [0.1, 0.15) is 12.0 Å². The van der Waals surface area contributed by atoms with Crippen LogP contribution in [-0.2, 0) is 0 Å². The van der Waals surface area contributed by atoms with Crippen molar-refractivity contribution in [3.63, 3.8) is 0 Å². The summed E-state index contributed by atoms with van der Waals surface area (Å²) < 4.78 is 15.7. The molecule has 3 aromatic rings. The summed E-state index contributed by atoms with van der Waals surface area (Å²) >= 11 is 6.14. The number of pyridine rings is 2. The molecule has 0 aliphatic heterocycles. The SMILES string of the molecule is CC(C)Nc1cc(Nc2ccn3ncc(Cl)c3c2)ncc1C(=O)NC[C@@H](F)C(C)(C)O. The Bertz CT molecular complexity index is 1080. The normalized spacial score (nSPS) is 12.8. The third-order valence-corrected chi connectivity index (χ3v) is 4.84. The number of aliphatic hydroxyl groups is 1. The van der Waals surface area contributed by atoms with Crippen LogP contribution in [0.1, 0.15) is 38.1 Å². The van der Waals surface area contributed by atoms with Gasteiger partial charge in [0.15, 0.2) is 0 Å². The first-order valence-corrected chi connectivity index (χ1v) is 10.2. The quantitative estimate of drug-likeness (QED) is 0.418. The van der Waals surface area contributed by atoms with E-state index in [1.54, 1.807) is 23.0 Å². The van der Waals surface area contributed by atoms with E-state index >= 15 is 0 Å². The van der Waals surface area contributed by atoms with Crippen LogP contribution in [0.3, 0.4) is 0 Å². The van der Waals surface area contributed by atoms with Gasteiger partial charge in [-0.05, 0) is 39.8 Å². The van der Waals surface area contributed by atoms with E-state index in [9.17, 15) is 14.3 Å². The number of aromatic nitrogens is 3. The third-order valence-electron chi connectivity index (χ3n) is 4.55. The fraction of sp³-hybridized carbons (Fsp3) is 0.381. The third kappa shape index (κ3) is 5.62. The Morgan fingerprint density at radius 1 is 1.32 bits per heavy atom. The van der Waals surface area contributed by atoms with E-state index < -0.39 is 17.7 Å². The van der Waals surface area contributed by atoms with Crippen molar-refractivity contribution in [3.8, 4) is 0 Å². The first kappa shape index (κ1) is 22.8. The van der Waals surface area contributed by atoms with E-state index in [4.69, 9.17) is 11.6 Å². The Hall–Kier alpha value is -2.91. The zero-order valence-corrected chi connectivity index (χ0v) is 18.5. The maximum Gasteiger partial charge on any atom is 0.255 e. The number of halogens is 2. The second-order valence-corrected chi connectivity index (χ2v) is 8.52. The van der Waals surface area contributed by atoms with Crippen molar-refractivity contribution >= 4 is 40.2 Å². The van der Waals surface area contributed by atoms with Crippen molar-refractivity contribution in [2.75, 3.05) is 17.2 Å². The molecule has 8 nitrogen and oxygen atoms in total.